The van der Waals surface area contributed by atoms with E-state index < -0.39 is 5.60 Å². The number of aryl methyl sites for hydroxylation is 2. The average Bonchev–Trinajstić information content (AvgIpc) is 3.03. The van der Waals surface area contributed by atoms with Gasteiger partial charge in [-0.3, -0.25) is 4.57 Å². The van der Waals surface area contributed by atoms with Crippen molar-refractivity contribution in [1.29, 1.82) is 0 Å². The Labute approximate surface area is 105 Å². The highest BCUT2D eigenvalue weighted by atomic mass is 16.3. The van der Waals surface area contributed by atoms with Crippen LogP contribution in [0.1, 0.15) is 24.1 Å². The molecule has 4 nitrogen and oxygen atoms in total. The van der Waals surface area contributed by atoms with Crippen LogP contribution < -0.4 is 5.69 Å². The molecule has 1 aliphatic rings. The second kappa shape index (κ2) is 3.59. The maximum atomic E-state index is 12.0. The number of imidazole rings is 1. The predicted molar refractivity (Wildman–Crippen MR) is 68.9 cm³/mol. The molecule has 3 rings (SSSR count). The third-order valence-corrected chi connectivity index (χ3v) is 3.59. The minimum Gasteiger partial charge on any atom is -0.385 e. The highest BCUT2D eigenvalue weighted by Gasteiger charge is 2.42. The summed E-state index contributed by atoms with van der Waals surface area (Å²) in [6, 6.07) is 7.60. The van der Waals surface area contributed by atoms with E-state index in [0.29, 0.717) is 0 Å². The Bertz CT molecular complexity index is 663. The summed E-state index contributed by atoms with van der Waals surface area (Å²) in [6.45, 7) is 1.90. The molecule has 1 saturated carbocycles. The fourth-order valence-electron chi connectivity index (χ4n) is 2.36. The first-order valence-corrected chi connectivity index (χ1v) is 6.09. The van der Waals surface area contributed by atoms with Crippen molar-refractivity contribution >= 4 is 0 Å². The van der Waals surface area contributed by atoms with Crippen LogP contribution >= 0.6 is 0 Å². The number of aliphatic hydroxyl groups is 1. The summed E-state index contributed by atoms with van der Waals surface area (Å²) in [6.07, 6.45) is 3.42. The van der Waals surface area contributed by atoms with E-state index in [2.05, 4.69) is 0 Å². The van der Waals surface area contributed by atoms with E-state index in [4.69, 9.17) is 0 Å². The van der Waals surface area contributed by atoms with Gasteiger partial charge in [-0.25, -0.2) is 4.79 Å². The van der Waals surface area contributed by atoms with Crippen LogP contribution in [0.25, 0.3) is 5.69 Å². The molecular formula is C14H16N2O2. The quantitative estimate of drug-likeness (QED) is 0.869. The van der Waals surface area contributed by atoms with Crippen LogP contribution in [-0.2, 0) is 12.6 Å². The van der Waals surface area contributed by atoms with Crippen LogP contribution in [0, 0.1) is 6.92 Å². The Morgan fingerprint density at radius 3 is 2.61 bits per heavy atom. The van der Waals surface area contributed by atoms with E-state index >= 15 is 0 Å². The molecule has 0 unspecified atom stereocenters. The summed E-state index contributed by atoms with van der Waals surface area (Å²) in [4.78, 5) is 12.0. The first-order chi connectivity index (χ1) is 8.51. The molecule has 1 fully saturated rings. The molecule has 2 aromatic rings. The normalized spacial score (nSPS) is 16.8. The van der Waals surface area contributed by atoms with Crippen molar-refractivity contribution in [3.05, 3.63) is 52.2 Å². The first kappa shape index (κ1) is 11.3. The average molecular weight is 244 g/mol. The minimum absolute atomic E-state index is 0.0626. The Hall–Kier alpha value is -1.81. The fraction of sp³-hybridized carbons (Fsp3) is 0.357. The lowest BCUT2D eigenvalue weighted by atomic mass is 10.1. The van der Waals surface area contributed by atoms with Gasteiger partial charge >= 0.3 is 5.69 Å². The number of rotatable bonds is 2. The van der Waals surface area contributed by atoms with Crippen molar-refractivity contribution in [3.63, 3.8) is 0 Å². The van der Waals surface area contributed by atoms with Gasteiger partial charge in [0.2, 0.25) is 0 Å². The van der Waals surface area contributed by atoms with E-state index in [1.807, 2.05) is 31.2 Å². The molecule has 0 radical (unpaired) electrons. The van der Waals surface area contributed by atoms with Crippen molar-refractivity contribution < 1.29 is 5.11 Å². The fourth-order valence-corrected chi connectivity index (χ4v) is 2.36. The highest BCUT2D eigenvalue weighted by Crippen LogP contribution is 2.45. The summed E-state index contributed by atoms with van der Waals surface area (Å²) < 4.78 is 3.23. The molecule has 0 bridgehead atoms. The first-order valence-electron chi connectivity index (χ1n) is 6.09. The highest BCUT2D eigenvalue weighted by molar-refractivity contribution is 5.41. The summed E-state index contributed by atoms with van der Waals surface area (Å²) in [7, 11) is 1.74. The van der Waals surface area contributed by atoms with Crippen molar-refractivity contribution in [1.82, 2.24) is 9.13 Å². The van der Waals surface area contributed by atoms with Crippen LogP contribution in [0.2, 0.25) is 0 Å². The second-order valence-corrected chi connectivity index (χ2v) is 5.08. The number of nitrogens with zero attached hydrogens (tertiary/aromatic N) is 2. The molecular weight excluding hydrogens is 228 g/mol. The monoisotopic (exact) mass is 244 g/mol. The molecule has 0 amide bonds. The lowest BCUT2D eigenvalue weighted by Gasteiger charge is -2.11. The van der Waals surface area contributed by atoms with Crippen molar-refractivity contribution in [3.8, 4) is 5.69 Å². The number of benzene rings is 1. The maximum absolute atomic E-state index is 12.0. The van der Waals surface area contributed by atoms with Crippen LogP contribution in [0.15, 0.2) is 35.3 Å². The van der Waals surface area contributed by atoms with Gasteiger partial charge < -0.3 is 9.67 Å². The van der Waals surface area contributed by atoms with Gasteiger partial charge in [-0.05, 0) is 37.5 Å². The van der Waals surface area contributed by atoms with Gasteiger partial charge in [-0.2, -0.15) is 0 Å². The molecule has 0 spiro atoms. The van der Waals surface area contributed by atoms with Gasteiger partial charge in [0.1, 0.15) is 0 Å². The van der Waals surface area contributed by atoms with E-state index in [1.54, 1.807) is 22.4 Å². The standard InChI is InChI=1S/C14H16N2O2/c1-10-9-15(2)13(17)16(10)12-5-3-4-11(8-12)14(18)6-7-14/h3-5,8-9,18H,6-7H2,1-2H3. The zero-order valence-corrected chi connectivity index (χ0v) is 10.6. The Kier molecular flexibility index (Phi) is 2.25. The SMILES string of the molecule is Cc1cn(C)c(=O)n1-c1cccc(C2(O)CC2)c1. The number of aromatic nitrogens is 2. The molecule has 1 aromatic heterocycles. The van der Waals surface area contributed by atoms with Crippen LogP contribution in [0.3, 0.4) is 0 Å². The summed E-state index contributed by atoms with van der Waals surface area (Å²) >= 11 is 0. The zero-order valence-electron chi connectivity index (χ0n) is 10.6. The topological polar surface area (TPSA) is 47.2 Å². The van der Waals surface area contributed by atoms with E-state index in [9.17, 15) is 9.90 Å². The molecule has 0 atom stereocenters. The number of hydrogen-bond donors (Lipinski definition) is 1. The number of hydrogen-bond acceptors (Lipinski definition) is 2. The molecule has 1 aliphatic carbocycles. The molecule has 1 aromatic carbocycles. The lowest BCUT2D eigenvalue weighted by Crippen LogP contribution is -2.21. The largest absolute Gasteiger partial charge is 0.385 e. The molecule has 94 valence electrons. The lowest BCUT2D eigenvalue weighted by molar-refractivity contribution is 0.151. The van der Waals surface area contributed by atoms with Crippen molar-refractivity contribution in [2.24, 2.45) is 7.05 Å². The summed E-state index contributed by atoms with van der Waals surface area (Å²) in [5.41, 5.74) is 1.88. The molecule has 1 heterocycles. The van der Waals surface area contributed by atoms with Crippen LogP contribution in [-0.4, -0.2) is 14.2 Å². The van der Waals surface area contributed by atoms with Gasteiger partial charge in [0, 0.05) is 18.9 Å². The smallest absolute Gasteiger partial charge is 0.332 e. The molecule has 18 heavy (non-hydrogen) atoms. The van der Waals surface area contributed by atoms with Gasteiger partial charge in [-0.1, -0.05) is 12.1 Å². The molecule has 0 saturated heterocycles. The third kappa shape index (κ3) is 1.61. The van der Waals surface area contributed by atoms with E-state index in [-0.39, 0.29) is 5.69 Å². The molecule has 4 heteroatoms. The minimum atomic E-state index is -0.664. The Morgan fingerprint density at radius 1 is 1.33 bits per heavy atom. The van der Waals surface area contributed by atoms with Gasteiger partial charge in [0.25, 0.3) is 0 Å². The van der Waals surface area contributed by atoms with Gasteiger partial charge in [0.05, 0.1) is 11.3 Å². The van der Waals surface area contributed by atoms with Crippen molar-refractivity contribution in [2.75, 3.05) is 0 Å². The van der Waals surface area contributed by atoms with Gasteiger partial charge in [-0.15, -0.1) is 0 Å². The zero-order chi connectivity index (χ0) is 12.9. The van der Waals surface area contributed by atoms with Crippen molar-refractivity contribution in [2.45, 2.75) is 25.4 Å². The summed E-state index contributed by atoms with van der Waals surface area (Å²) in [5.74, 6) is 0. The Balaban J connectivity index is 2.15. The maximum Gasteiger partial charge on any atom is 0.332 e. The van der Waals surface area contributed by atoms with Crippen LogP contribution in [0.5, 0.6) is 0 Å². The third-order valence-electron chi connectivity index (χ3n) is 3.59. The summed E-state index contributed by atoms with van der Waals surface area (Å²) in [5, 5.41) is 10.1. The molecule has 1 N–H and O–H groups in total. The van der Waals surface area contributed by atoms with Gasteiger partial charge in [0.15, 0.2) is 0 Å². The molecule has 0 aliphatic heterocycles. The predicted octanol–water partition coefficient (Wildman–Crippen LogP) is 1.47. The second-order valence-electron chi connectivity index (χ2n) is 5.08. The Morgan fingerprint density at radius 2 is 2.06 bits per heavy atom. The van der Waals surface area contributed by atoms with E-state index in [1.165, 1.54) is 0 Å². The van der Waals surface area contributed by atoms with E-state index in [0.717, 1.165) is 29.8 Å². The van der Waals surface area contributed by atoms with Crippen LogP contribution in [0.4, 0.5) is 0 Å².